The highest BCUT2D eigenvalue weighted by Crippen LogP contribution is 2.59. The molecule has 0 amide bonds. The van der Waals surface area contributed by atoms with Crippen molar-refractivity contribution in [1.82, 2.24) is 0 Å². The summed E-state index contributed by atoms with van der Waals surface area (Å²) in [4.78, 5) is 52.1. The van der Waals surface area contributed by atoms with Crippen LogP contribution in [0.3, 0.4) is 0 Å². The minimum atomic E-state index is -0.859. The predicted molar refractivity (Wildman–Crippen MR) is 175 cm³/mol. The summed E-state index contributed by atoms with van der Waals surface area (Å²) in [5, 5.41) is 0. The normalized spacial score (nSPS) is 32.0. The molecule has 0 bridgehead atoms. The van der Waals surface area contributed by atoms with Crippen LogP contribution in [0.2, 0.25) is 0 Å². The number of fused-ring (bicyclic) bond motifs is 3. The van der Waals surface area contributed by atoms with Gasteiger partial charge in [-0.05, 0) is 122 Å². The molecule has 0 aliphatic heterocycles. The third kappa shape index (κ3) is 5.91. The van der Waals surface area contributed by atoms with E-state index in [0.717, 1.165) is 62.5 Å². The number of carbonyl (C=O) groups is 4. The van der Waals surface area contributed by atoms with Crippen LogP contribution in [0.4, 0.5) is 0 Å². The van der Waals surface area contributed by atoms with Crippen molar-refractivity contribution in [2.24, 2.45) is 22.7 Å². The maximum Gasteiger partial charge on any atom is 0.319 e. The quantitative estimate of drug-likeness (QED) is 0.173. The first-order chi connectivity index (χ1) is 21.7. The molecular formula is C39H50O7. The largest absolute Gasteiger partial charge is 0.427 e. The van der Waals surface area contributed by atoms with Gasteiger partial charge in [0.05, 0.1) is 10.8 Å². The molecule has 6 atom stereocenters. The number of ether oxygens (including phenoxy) is 3. The number of aryl methyl sites for hydroxylation is 1. The van der Waals surface area contributed by atoms with Gasteiger partial charge in [-0.2, -0.15) is 0 Å². The lowest BCUT2D eigenvalue weighted by molar-refractivity contribution is -0.184. The molecule has 0 heterocycles. The maximum atomic E-state index is 14.4. The molecule has 2 aromatic rings. The Hall–Kier alpha value is -3.48. The first-order valence-corrected chi connectivity index (χ1v) is 17.0. The van der Waals surface area contributed by atoms with Gasteiger partial charge in [0, 0.05) is 13.8 Å². The topological polar surface area (TPSA) is 96.0 Å². The van der Waals surface area contributed by atoms with Crippen molar-refractivity contribution >= 4 is 23.9 Å². The lowest BCUT2D eigenvalue weighted by Gasteiger charge is -2.54. The first-order valence-electron chi connectivity index (χ1n) is 17.0. The van der Waals surface area contributed by atoms with Crippen molar-refractivity contribution in [3.63, 3.8) is 0 Å². The van der Waals surface area contributed by atoms with Gasteiger partial charge in [-0.1, -0.05) is 58.2 Å². The van der Waals surface area contributed by atoms with Crippen molar-refractivity contribution in [1.29, 1.82) is 0 Å². The van der Waals surface area contributed by atoms with E-state index in [1.807, 2.05) is 44.2 Å². The second-order valence-electron chi connectivity index (χ2n) is 15.0. The van der Waals surface area contributed by atoms with Crippen LogP contribution in [-0.2, 0) is 41.2 Å². The second kappa shape index (κ2) is 12.6. The van der Waals surface area contributed by atoms with Gasteiger partial charge < -0.3 is 14.2 Å². The molecule has 0 aromatic heterocycles. The zero-order chi connectivity index (χ0) is 33.5. The summed E-state index contributed by atoms with van der Waals surface area (Å²) in [6.45, 7) is 13.3. The van der Waals surface area contributed by atoms with E-state index in [9.17, 15) is 19.2 Å². The highest BCUT2D eigenvalue weighted by Gasteiger charge is 2.58. The van der Waals surface area contributed by atoms with Gasteiger partial charge in [-0.15, -0.1) is 0 Å². The fourth-order valence-corrected chi connectivity index (χ4v) is 9.70. The van der Waals surface area contributed by atoms with E-state index in [2.05, 4.69) is 26.8 Å². The van der Waals surface area contributed by atoms with Crippen molar-refractivity contribution in [2.45, 2.75) is 124 Å². The van der Waals surface area contributed by atoms with E-state index < -0.39 is 22.8 Å². The summed E-state index contributed by atoms with van der Waals surface area (Å²) in [6, 6.07) is 13.5. The van der Waals surface area contributed by atoms with Gasteiger partial charge in [-0.25, -0.2) is 0 Å². The van der Waals surface area contributed by atoms with E-state index >= 15 is 0 Å². The van der Waals surface area contributed by atoms with Crippen LogP contribution in [0.15, 0.2) is 42.5 Å². The van der Waals surface area contributed by atoms with E-state index in [1.54, 1.807) is 6.07 Å². The second-order valence-corrected chi connectivity index (χ2v) is 15.0. The van der Waals surface area contributed by atoms with Crippen molar-refractivity contribution in [2.75, 3.05) is 0 Å². The third-order valence-corrected chi connectivity index (χ3v) is 12.0. The summed E-state index contributed by atoms with van der Waals surface area (Å²) < 4.78 is 16.9. The van der Waals surface area contributed by atoms with E-state index in [1.165, 1.54) is 19.4 Å². The number of hydrogen-bond donors (Lipinski definition) is 0. The van der Waals surface area contributed by atoms with Crippen molar-refractivity contribution in [3.8, 4) is 11.5 Å². The molecule has 5 rings (SSSR count). The van der Waals surface area contributed by atoms with Crippen LogP contribution in [0.1, 0.15) is 123 Å². The summed E-state index contributed by atoms with van der Waals surface area (Å²) in [5.74, 6) is -0.666. The summed E-state index contributed by atoms with van der Waals surface area (Å²) in [7, 11) is 0. The Kier molecular flexibility index (Phi) is 9.29. The van der Waals surface area contributed by atoms with Crippen LogP contribution in [0, 0.1) is 22.7 Å². The van der Waals surface area contributed by atoms with Gasteiger partial charge >= 0.3 is 23.9 Å². The predicted octanol–water partition coefficient (Wildman–Crippen LogP) is 8.18. The Bertz CT molecular complexity index is 1530. The molecule has 46 heavy (non-hydrogen) atoms. The summed E-state index contributed by atoms with van der Waals surface area (Å²) >= 11 is 0. The molecule has 0 N–H and O–H groups in total. The molecule has 7 nitrogen and oxygen atoms in total. The number of hydrogen-bond acceptors (Lipinski definition) is 7. The molecule has 248 valence electrons. The zero-order valence-electron chi connectivity index (χ0n) is 28.6. The minimum absolute atomic E-state index is 0.0194. The Balaban J connectivity index is 1.43. The fourth-order valence-electron chi connectivity index (χ4n) is 9.70. The molecule has 7 heteroatoms. The van der Waals surface area contributed by atoms with E-state index in [-0.39, 0.29) is 34.6 Å². The van der Waals surface area contributed by atoms with Crippen LogP contribution in [-0.4, -0.2) is 23.9 Å². The SMILES string of the molecule is CCC[C@H]1[C@@](C)(C(=O)OC(=O)[C@@]2(C)CCC[C@]3(C)c4cc(OC(C)=O)ccc4CC[C@@H]23)CCC[C@]1(C)c1cccc(OC(C)=O)c1. The maximum absolute atomic E-state index is 14.4. The number of carbonyl (C=O) groups excluding carboxylic acids is 4. The molecule has 2 fully saturated rings. The number of esters is 4. The fraction of sp³-hybridized carbons (Fsp3) is 0.590. The van der Waals surface area contributed by atoms with Gasteiger partial charge in [0.2, 0.25) is 0 Å². The number of benzene rings is 2. The van der Waals surface area contributed by atoms with Gasteiger partial charge in [0.25, 0.3) is 0 Å². The smallest absolute Gasteiger partial charge is 0.319 e. The Morgan fingerprint density at radius 1 is 0.761 bits per heavy atom. The van der Waals surface area contributed by atoms with E-state index in [0.29, 0.717) is 24.3 Å². The standard InChI is InChI=1S/C39H50O7/c1-8-12-32-36(4,28-13-9-14-29(23-28)44-25(2)40)19-10-21-38(32,6)34(42)46-35(43)39(7)22-11-20-37(5)31-24-30(45-26(3)41)17-15-27(31)16-18-33(37)39/h9,13-15,17,23-24,32-33H,8,10-12,16,18-22H2,1-7H3/t32-,33-,36-,37-,38+,39+/m1/s1. The lowest BCUT2D eigenvalue weighted by atomic mass is 9.49. The van der Waals surface area contributed by atoms with Gasteiger partial charge in [0.15, 0.2) is 0 Å². The number of rotatable bonds is 7. The summed E-state index contributed by atoms with van der Waals surface area (Å²) in [5.41, 5.74) is 0.996. The van der Waals surface area contributed by atoms with Crippen LogP contribution in [0.25, 0.3) is 0 Å². The Morgan fingerprint density at radius 2 is 1.37 bits per heavy atom. The zero-order valence-corrected chi connectivity index (χ0v) is 28.6. The molecule has 0 unspecified atom stereocenters. The molecule has 0 saturated heterocycles. The molecule has 0 radical (unpaired) electrons. The van der Waals surface area contributed by atoms with E-state index in [4.69, 9.17) is 14.2 Å². The van der Waals surface area contributed by atoms with Gasteiger partial charge in [-0.3, -0.25) is 19.2 Å². The lowest BCUT2D eigenvalue weighted by Crippen LogP contribution is -2.55. The monoisotopic (exact) mass is 630 g/mol. The molecule has 2 aromatic carbocycles. The minimum Gasteiger partial charge on any atom is -0.427 e. The van der Waals surface area contributed by atoms with Crippen LogP contribution >= 0.6 is 0 Å². The van der Waals surface area contributed by atoms with Crippen molar-refractivity contribution < 1.29 is 33.4 Å². The van der Waals surface area contributed by atoms with Crippen LogP contribution < -0.4 is 9.47 Å². The molecule has 2 saturated carbocycles. The third-order valence-electron chi connectivity index (χ3n) is 12.0. The van der Waals surface area contributed by atoms with Crippen molar-refractivity contribution in [3.05, 3.63) is 59.2 Å². The molecular weight excluding hydrogens is 580 g/mol. The molecule has 3 aliphatic rings. The average molecular weight is 631 g/mol. The molecule has 3 aliphatic carbocycles. The highest BCUT2D eigenvalue weighted by molar-refractivity contribution is 5.92. The highest BCUT2D eigenvalue weighted by atomic mass is 16.6. The average Bonchev–Trinajstić information content (AvgIpc) is 2.99. The Labute approximate surface area is 273 Å². The first kappa shape index (κ1) is 33.9. The Morgan fingerprint density at radius 3 is 2.02 bits per heavy atom. The summed E-state index contributed by atoms with van der Waals surface area (Å²) in [6.07, 6.45) is 8.06. The van der Waals surface area contributed by atoms with Crippen LogP contribution in [0.5, 0.6) is 11.5 Å². The molecule has 0 spiro atoms. The van der Waals surface area contributed by atoms with Gasteiger partial charge in [0.1, 0.15) is 11.5 Å².